The molecule has 3 rings (SSSR count). The third-order valence-electron chi connectivity index (χ3n) is 3.95. The maximum absolute atomic E-state index is 12.9. The summed E-state index contributed by atoms with van der Waals surface area (Å²) < 4.78 is 12.9. The lowest BCUT2D eigenvalue weighted by atomic mass is 9.96. The molecule has 2 heterocycles. The number of benzene rings is 1. The van der Waals surface area contributed by atoms with Crippen LogP contribution in [0.1, 0.15) is 23.8 Å². The number of rotatable bonds is 5. The van der Waals surface area contributed by atoms with E-state index in [2.05, 4.69) is 26.1 Å². The standard InChI is InChI=1S/C15H15FN6O3/c1-2-15(13(24)19-14(25)20-15)8-17-12(23)11-7-18-22(21-11)10-5-3-9(16)4-6-10/h3-7H,2,8H2,1H3,(H,17,23)(H2,19,20,24,25). The van der Waals surface area contributed by atoms with Gasteiger partial charge >= 0.3 is 6.03 Å². The number of halogens is 1. The molecule has 10 heteroatoms. The first-order valence-corrected chi connectivity index (χ1v) is 7.53. The van der Waals surface area contributed by atoms with Crippen molar-refractivity contribution in [2.45, 2.75) is 18.9 Å². The first-order chi connectivity index (χ1) is 11.9. The van der Waals surface area contributed by atoms with Crippen LogP contribution in [0.2, 0.25) is 0 Å². The van der Waals surface area contributed by atoms with Gasteiger partial charge in [-0.3, -0.25) is 14.9 Å². The molecule has 0 aliphatic carbocycles. The van der Waals surface area contributed by atoms with Gasteiger partial charge in [-0.05, 0) is 30.7 Å². The first-order valence-electron chi connectivity index (χ1n) is 7.53. The van der Waals surface area contributed by atoms with Crippen LogP contribution in [0.4, 0.5) is 9.18 Å². The largest absolute Gasteiger partial charge is 0.348 e. The van der Waals surface area contributed by atoms with Crippen molar-refractivity contribution in [1.29, 1.82) is 0 Å². The minimum absolute atomic E-state index is 0.0281. The van der Waals surface area contributed by atoms with Gasteiger partial charge in [-0.1, -0.05) is 6.92 Å². The lowest BCUT2D eigenvalue weighted by Crippen LogP contribution is -2.54. The molecule has 0 spiro atoms. The summed E-state index contributed by atoms with van der Waals surface area (Å²) in [5, 5.41) is 15.2. The van der Waals surface area contributed by atoms with E-state index in [-0.39, 0.29) is 12.2 Å². The minimum Gasteiger partial charge on any atom is -0.348 e. The van der Waals surface area contributed by atoms with E-state index < -0.39 is 29.2 Å². The summed E-state index contributed by atoms with van der Waals surface area (Å²) in [6.07, 6.45) is 1.57. The van der Waals surface area contributed by atoms with Crippen LogP contribution in [0.15, 0.2) is 30.5 Å². The molecule has 0 saturated carbocycles. The Morgan fingerprint density at radius 2 is 2.04 bits per heavy atom. The Balaban J connectivity index is 1.69. The molecule has 1 saturated heterocycles. The smallest absolute Gasteiger partial charge is 0.322 e. The Hall–Kier alpha value is -3.30. The van der Waals surface area contributed by atoms with E-state index in [4.69, 9.17) is 0 Å². The number of urea groups is 1. The van der Waals surface area contributed by atoms with E-state index in [9.17, 15) is 18.8 Å². The molecule has 130 valence electrons. The molecule has 1 unspecified atom stereocenters. The molecule has 1 aromatic carbocycles. The Labute approximate surface area is 141 Å². The average Bonchev–Trinajstić information content (AvgIpc) is 3.18. The Kier molecular flexibility index (Phi) is 4.17. The van der Waals surface area contributed by atoms with Gasteiger partial charge in [-0.15, -0.1) is 5.10 Å². The van der Waals surface area contributed by atoms with Gasteiger partial charge in [0.1, 0.15) is 11.4 Å². The van der Waals surface area contributed by atoms with Gasteiger partial charge in [0.15, 0.2) is 5.69 Å². The van der Waals surface area contributed by atoms with E-state index in [0.29, 0.717) is 12.1 Å². The molecule has 2 aromatic rings. The summed E-state index contributed by atoms with van der Waals surface area (Å²) in [6.45, 7) is 1.64. The van der Waals surface area contributed by atoms with Crippen LogP contribution in [0.3, 0.4) is 0 Å². The fourth-order valence-corrected chi connectivity index (χ4v) is 2.41. The predicted molar refractivity (Wildman–Crippen MR) is 83.3 cm³/mol. The van der Waals surface area contributed by atoms with Gasteiger partial charge in [-0.2, -0.15) is 9.90 Å². The van der Waals surface area contributed by atoms with Crippen molar-refractivity contribution < 1.29 is 18.8 Å². The van der Waals surface area contributed by atoms with Crippen LogP contribution in [0, 0.1) is 5.82 Å². The summed E-state index contributed by atoms with van der Waals surface area (Å²) >= 11 is 0. The maximum Gasteiger partial charge on any atom is 0.322 e. The third kappa shape index (κ3) is 3.18. The van der Waals surface area contributed by atoms with E-state index in [1.54, 1.807) is 6.92 Å². The van der Waals surface area contributed by atoms with Crippen molar-refractivity contribution in [3.8, 4) is 5.69 Å². The summed E-state index contributed by atoms with van der Waals surface area (Å²) in [7, 11) is 0. The maximum atomic E-state index is 12.9. The van der Waals surface area contributed by atoms with Crippen LogP contribution in [-0.2, 0) is 4.79 Å². The zero-order valence-corrected chi connectivity index (χ0v) is 13.2. The summed E-state index contributed by atoms with van der Waals surface area (Å²) in [5.41, 5.74) is -0.659. The van der Waals surface area contributed by atoms with Crippen molar-refractivity contribution in [1.82, 2.24) is 30.9 Å². The van der Waals surface area contributed by atoms with Gasteiger partial charge in [0, 0.05) is 0 Å². The van der Waals surface area contributed by atoms with Crippen molar-refractivity contribution in [2.24, 2.45) is 0 Å². The van der Waals surface area contributed by atoms with Gasteiger partial charge in [-0.25, -0.2) is 9.18 Å². The number of carbonyl (C=O) groups excluding carboxylic acids is 3. The van der Waals surface area contributed by atoms with Crippen LogP contribution in [0.25, 0.3) is 5.69 Å². The lowest BCUT2D eigenvalue weighted by Gasteiger charge is -2.24. The summed E-state index contributed by atoms with van der Waals surface area (Å²) in [5.74, 6) is -1.43. The minimum atomic E-state index is -1.18. The molecule has 1 aliphatic heterocycles. The van der Waals surface area contributed by atoms with Crippen molar-refractivity contribution in [3.05, 3.63) is 42.0 Å². The van der Waals surface area contributed by atoms with Gasteiger partial charge in [0.25, 0.3) is 11.8 Å². The predicted octanol–water partition coefficient (Wildman–Crippen LogP) is 0.124. The zero-order valence-electron chi connectivity index (χ0n) is 13.2. The second-order valence-corrected chi connectivity index (χ2v) is 5.52. The highest BCUT2D eigenvalue weighted by Crippen LogP contribution is 2.14. The van der Waals surface area contributed by atoms with Crippen molar-refractivity contribution in [3.63, 3.8) is 0 Å². The van der Waals surface area contributed by atoms with Gasteiger partial charge in [0.2, 0.25) is 0 Å². The highest BCUT2D eigenvalue weighted by Gasteiger charge is 2.44. The van der Waals surface area contributed by atoms with Crippen LogP contribution < -0.4 is 16.0 Å². The SMILES string of the molecule is CCC1(CNC(=O)c2cnn(-c3ccc(F)cc3)n2)NC(=O)NC1=O. The van der Waals surface area contributed by atoms with Crippen molar-refractivity contribution in [2.75, 3.05) is 6.54 Å². The molecule has 0 radical (unpaired) electrons. The molecule has 3 N–H and O–H groups in total. The quantitative estimate of drug-likeness (QED) is 0.665. The van der Waals surface area contributed by atoms with Crippen molar-refractivity contribution >= 4 is 17.8 Å². The fraction of sp³-hybridized carbons (Fsp3) is 0.267. The van der Waals surface area contributed by atoms with E-state index in [0.717, 1.165) is 0 Å². The topological polar surface area (TPSA) is 118 Å². The molecular weight excluding hydrogens is 331 g/mol. The molecule has 1 aromatic heterocycles. The van der Waals surface area contributed by atoms with Crippen LogP contribution in [-0.4, -0.2) is 44.9 Å². The Morgan fingerprint density at radius 3 is 2.64 bits per heavy atom. The Morgan fingerprint density at radius 1 is 1.32 bits per heavy atom. The van der Waals surface area contributed by atoms with Crippen LogP contribution >= 0.6 is 0 Å². The molecule has 1 atom stereocenters. The van der Waals surface area contributed by atoms with E-state index in [1.807, 2.05) is 0 Å². The average molecular weight is 346 g/mol. The molecule has 9 nitrogen and oxygen atoms in total. The van der Waals surface area contributed by atoms with Crippen LogP contribution in [0.5, 0.6) is 0 Å². The van der Waals surface area contributed by atoms with E-state index >= 15 is 0 Å². The number of amides is 4. The molecule has 1 aliphatic rings. The summed E-state index contributed by atoms with van der Waals surface area (Å²) in [6, 6.07) is 4.86. The highest BCUT2D eigenvalue weighted by molar-refractivity contribution is 6.07. The molecule has 0 bridgehead atoms. The number of hydrogen-bond donors (Lipinski definition) is 3. The molecule has 1 fully saturated rings. The number of imide groups is 1. The number of nitrogens with one attached hydrogen (secondary N) is 3. The number of hydrogen-bond acceptors (Lipinski definition) is 5. The molecular formula is C15H15FN6O3. The third-order valence-corrected chi connectivity index (χ3v) is 3.95. The van der Waals surface area contributed by atoms with Gasteiger partial charge in [0.05, 0.1) is 18.4 Å². The second kappa shape index (κ2) is 6.30. The number of nitrogens with zero attached hydrogens (tertiary/aromatic N) is 3. The van der Waals surface area contributed by atoms with E-state index in [1.165, 1.54) is 35.3 Å². The Bertz CT molecular complexity index is 834. The lowest BCUT2D eigenvalue weighted by molar-refractivity contribution is -0.123. The number of aromatic nitrogens is 3. The molecule has 4 amide bonds. The monoisotopic (exact) mass is 346 g/mol. The first kappa shape index (κ1) is 16.6. The normalized spacial score (nSPS) is 19.4. The second-order valence-electron chi connectivity index (χ2n) is 5.52. The number of carbonyl (C=O) groups is 3. The summed E-state index contributed by atoms with van der Waals surface area (Å²) in [4.78, 5) is 36.6. The van der Waals surface area contributed by atoms with Gasteiger partial charge < -0.3 is 10.6 Å². The highest BCUT2D eigenvalue weighted by atomic mass is 19.1. The zero-order chi connectivity index (χ0) is 18.0. The molecule has 25 heavy (non-hydrogen) atoms. The fourth-order valence-electron chi connectivity index (χ4n) is 2.41.